The number of allylic oxidation sites excluding steroid dienone is 2. The molecular weight excluding hydrogens is 288 g/mol. The number of fused-ring (bicyclic) bond motifs is 12. The molecule has 4 bridgehead atoms. The predicted molar refractivity (Wildman–Crippen MR) is 86.4 cm³/mol. The van der Waals surface area contributed by atoms with E-state index in [4.69, 9.17) is 9.47 Å². The summed E-state index contributed by atoms with van der Waals surface area (Å²) < 4.78 is 11.2. The summed E-state index contributed by atoms with van der Waals surface area (Å²) in [6.07, 6.45) is 12.1. The number of ether oxygens (including phenoxy) is 2. The summed E-state index contributed by atoms with van der Waals surface area (Å²) in [6.45, 7) is 4.30. The average Bonchev–Trinajstić information content (AvgIpc) is 3.32. The SMILES string of the molecule is C=CC(=O)OCCOC1CC2CC1C1C3CC(C4CC=CC43)C21. The zero-order chi connectivity index (χ0) is 15.6. The van der Waals surface area contributed by atoms with Crippen LogP contribution in [0.2, 0.25) is 0 Å². The van der Waals surface area contributed by atoms with Gasteiger partial charge in [-0.25, -0.2) is 4.79 Å². The molecule has 23 heavy (non-hydrogen) atoms. The van der Waals surface area contributed by atoms with Gasteiger partial charge in [-0.2, -0.15) is 0 Å². The summed E-state index contributed by atoms with van der Waals surface area (Å²) in [5.41, 5.74) is 0. The molecule has 0 amide bonds. The van der Waals surface area contributed by atoms with Gasteiger partial charge in [0, 0.05) is 6.08 Å². The van der Waals surface area contributed by atoms with Crippen molar-refractivity contribution in [1.29, 1.82) is 0 Å². The van der Waals surface area contributed by atoms with Gasteiger partial charge in [0.15, 0.2) is 0 Å². The Labute approximate surface area is 138 Å². The van der Waals surface area contributed by atoms with E-state index in [-0.39, 0.29) is 5.97 Å². The van der Waals surface area contributed by atoms with Gasteiger partial charge < -0.3 is 9.47 Å². The number of carbonyl (C=O) groups is 1. The Morgan fingerprint density at radius 1 is 1.09 bits per heavy atom. The molecule has 0 heterocycles. The number of hydrogen-bond acceptors (Lipinski definition) is 3. The summed E-state index contributed by atoms with van der Waals surface area (Å²) in [5, 5.41) is 0. The molecule has 9 unspecified atom stereocenters. The van der Waals surface area contributed by atoms with E-state index >= 15 is 0 Å². The van der Waals surface area contributed by atoms with E-state index in [0.717, 1.165) is 47.3 Å². The summed E-state index contributed by atoms with van der Waals surface area (Å²) in [5.74, 6) is 7.06. The first kappa shape index (κ1) is 14.3. The van der Waals surface area contributed by atoms with Crippen molar-refractivity contribution in [3.8, 4) is 0 Å². The minimum Gasteiger partial charge on any atom is -0.460 e. The minimum absolute atomic E-state index is 0.353. The lowest BCUT2D eigenvalue weighted by atomic mass is 9.63. The van der Waals surface area contributed by atoms with Gasteiger partial charge in [-0.05, 0) is 73.0 Å². The largest absolute Gasteiger partial charge is 0.460 e. The monoisotopic (exact) mass is 314 g/mol. The van der Waals surface area contributed by atoms with E-state index in [9.17, 15) is 4.79 Å². The molecule has 0 aromatic heterocycles. The van der Waals surface area contributed by atoms with Gasteiger partial charge in [0.25, 0.3) is 0 Å². The lowest BCUT2D eigenvalue weighted by Gasteiger charge is -2.43. The molecule has 0 saturated heterocycles. The van der Waals surface area contributed by atoms with E-state index in [1.54, 1.807) is 0 Å². The van der Waals surface area contributed by atoms with Crippen LogP contribution in [0.4, 0.5) is 0 Å². The second-order valence-corrected chi connectivity index (χ2v) is 8.30. The smallest absolute Gasteiger partial charge is 0.330 e. The molecule has 5 rings (SSSR count). The van der Waals surface area contributed by atoms with Gasteiger partial charge in [-0.15, -0.1) is 0 Å². The highest BCUT2D eigenvalue weighted by Gasteiger charge is 2.67. The van der Waals surface area contributed by atoms with Crippen molar-refractivity contribution >= 4 is 5.97 Å². The topological polar surface area (TPSA) is 35.5 Å². The van der Waals surface area contributed by atoms with Gasteiger partial charge >= 0.3 is 5.97 Å². The lowest BCUT2D eigenvalue weighted by molar-refractivity contribution is -0.140. The highest BCUT2D eigenvalue weighted by atomic mass is 16.6. The van der Waals surface area contributed by atoms with Gasteiger partial charge in [0.1, 0.15) is 6.61 Å². The first-order chi connectivity index (χ1) is 11.3. The Bertz CT molecular complexity index is 553. The van der Waals surface area contributed by atoms with Crippen LogP contribution in [0, 0.1) is 47.3 Å². The molecule has 0 aliphatic heterocycles. The normalized spacial score (nSPS) is 51.0. The zero-order valence-corrected chi connectivity index (χ0v) is 13.6. The highest BCUT2D eigenvalue weighted by Crippen LogP contribution is 2.72. The average molecular weight is 314 g/mol. The van der Waals surface area contributed by atoms with Crippen LogP contribution in [-0.4, -0.2) is 25.3 Å². The van der Waals surface area contributed by atoms with E-state index < -0.39 is 0 Å². The molecule has 5 aliphatic carbocycles. The molecular formula is C20H26O3. The minimum atomic E-state index is -0.353. The maximum atomic E-state index is 11.1. The van der Waals surface area contributed by atoms with Crippen molar-refractivity contribution in [2.24, 2.45) is 47.3 Å². The van der Waals surface area contributed by atoms with Crippen molar-refractivity contribution in [1.82, 2.24) is 0 Å². The fourth-order valence-corrected chi connectivity index (χ4v) is 7.34. The van der Waals surface area contributed by atoms with Crippen molar-refractivity contribution in [2.75, 3.05) is 13.2 Å². The Balaban J connectivity index is 1.22. The number of rotatable bonds is 5. The van der Waals surface area contributed by atoms with Crippen molar-refractivity contribution in [2.45, 2.75) is 31.8 Å². The van der Waals surface area contributed by atoms with Crippen molar-refractivity contribution in [3.63, 3.8) is 0 Å². The number of carbonyl (C=O) groups excluding carboxylic acids is 1. The maximum absolute atomic E-state index is 11.1. The summed E-state index contributed by atoms with van der Waals surface area (Å²) in [7, 11) is 0. The van der Waals surface area contributed by atoms with Gasteiger partial charge in [-0.3, -0.25) is 0 Å². The summed E-state index contributed by atoms with van der Waals surface area (Å²) in [4.78, 5) is 11.1. The Hall–Kier alpha value is -1.09. The fraction of sp³-hybridized carbons (Fsp3) is 0.750. The molecule has 0 radical (unpaired) electrons. The van der Waals surface area contributed by atoms with Crippen molar-refractivity contribution in [3.05, 3.63) is 24.8 Å². The van der Waals surface area contributed by atoms with Crippen LogP contribution in [0.25, 0.3) is 0 Å². The summed E-state index contributed by atoms with van der Waals surface area (Å²) in [6, 6.07) is 0. The molecule has 0 spiro atoms. The fourth-order valence-electron chi connectivity index (χ4n) is 7.34. The van der Waals surface area contributed by atoms with Crippen LogP contribution in [0.1, 0.15) is 25.7 Å². The Kier molecular flexibility index (Phi) is 3.23. The molecule has 0 N–H and O–H groups in total. The third kappa shape index (κ3) is 1.95. The molecule has 9 atom stereocenters. The van der Waals surface area contributed by atoms with Gasteiger partial charge in [0.05, 0.1) is 12.7 Å². The summed E-state index contributed by atoms with van der Waals surface area (Å²) >= 11 is 0. The van der Waals surface area contributed by atoms with Crippen LogP contribution < -0.4 is 0 Å². The Morgan fingerprint density at radius 3 is 2.87 bits per heavy atom. The second kappa shape index (κ2) is 5.20. The standard InChI is InChI=1S/C20H26O3/c1-2-18(21)23-7-6-22-17-9-11-8-16(17)20-15-10-14(19(11)20)12-4-3-5-13(12)15/h2-3,5,11-17,19-20H,1,4,6-10H2. The van der Waals surface area contributed by atoms with Crippen molar-refractivity contribution < 1.29 is 14.3 Å². The van der Waals surface area contributed by atoms with Crippen LogP contribution in [-0.2, 0) is 14.3 Å². The molecule has 3 nitrogen and oxygen atoms in total. The molecule has 0 aromatic carbocycles. The molecule has 0 aromatic rings. The number of esters is 1. The third-order valence-corrected chi connectivity index (χ3v) is 7.74. The van der Waals surface area contributed by atoms with Crippen LogP contribution >= 0.6 is 0 Å². The lowest BCUT2D eigenvalue weighted by Crippen LogP contribution is -2.41. The molecule has 4 saturated carbocycles. The Morgan fingerprint density at radius 2 is 2.00 bits per heavy atom. The second-order valence-electron chi connectivity index (χ2n) is 8.30. The first-order valence-electron chi connectivity index (χ1n) is 9.35. The van der Waals surface area contributed by atoms with E-state index in [1.165, 1.54) is 31.8 Å². The van der Waals surface area contributed by atoms with E-state index in [1.807, 2.05) is 0 Å². The molecule has 4 fully saturated rings. The quantitative estimate of drug-likeness (QED) is 0.257. The van der Waals surface area contributed by atoms with Gasteiger partial charge in [0.2, 0.25) is 0 Å². The molecule has 124 valence electrons. The van der Waals surface area contributed by atoms with Crippen LogP contribution in [0.5, 0.6) is 0 Å². The van der Waals surface area contributed by atoms with Gasteiger partial charge in [-0.1, -0.05) is 18.7 Å². The first-order valence-corrected chi connectivity index (χ1v) is 9.35. The highest BCUT2D eigenvalue weighted by molar-refractivity contribution is 5.81. The van der Waals surface area contributed by atoms with E-state index in [2.05, 4.69) is 18.7 Å². The van der Waals surface area contributed by atoms with Crippen LogP contribution in [0.15, 0.2) is 24.8 Å². The van der Waals surface area contributed by atoms with E-state index in [0.29, 0.717) is 19.3 Å². The predicted octanol–water partition coefficient (Wildman–Crippen LogP) is 3.22. The molecule has 5 aliphatic rings. The maximum Gasteiger partial charge on any atom is 0.330 e. The molecule has 3 heteroatoms. The zero-order valence-electron chi connectivity index (χ0n) is 13.6. The third-order valence-electron chi connectivity index (χ3n) is 7.74. The van der Waals surface area contributed by atoms with Crippen LogP contribution in [0.3, 0.4) is 0 Å². The number of hydrogen-bond donors (Lipinski definition) is 0.